The van der Waals surface area contributed by atoms with Gasteiger partial charge in [0.05, 0.1) is 25.6 Å². The molecule has 3 rings (SSSR count). The van der Waals surface area contributed by atoms with Crippen LogP contribution >= 0.6 is 0 Å². The lowest BCUT2D eigenvalue weighted by atomic mass is 10.0. The van der Waals surface area contributed by atoms with E-state index in [0.717, 1.165) is 16.5 Å². The van der Waals surface area contributed by atoms with Gasteiger partial charge in [-0.2, -0.15) is 0 Å². The van der Waals surface area contributed by atoms with Crippen LogP contribution in [-0.4, -0.2) is 159 Å². The average Bonchev–Trinajstić information content (AvgIpc) is 3.76. The minimum atomic E-state index is -1.79. The number of benzene rings is 2. The average molecular weight is 1070 g/mol. The number of aliphatic hydroxyl groups excluding tert-OH is 1. The van der Waals surface area contributed by atoms with Crippen LogP contribution < -0.4 is 59.7 Å². The Bertz CT molecular complexity index is 2550. The summed E-state index contributed by atoms with van der Waals surface area (Å²) in [4.78, 5) is 138. The van der Waals surface area contributed by atoms with Crippen molar-refractivity contribution in [3.63, 3.8) is 0 Å². The Labute approximate surface area is 437 Å². The summed E-state index contributed by atoms with van der Waals surface area (Å²) in [5, 5.41) is 59.0. The third-order valence-corrected chi connectivity index (χ3v) is 11.6. The zero-order valence-corrected chi connectivity index (χ0v) is 42.9. The topological polar surface area (TPSA) is 454 Å². The van der Waals surface area contributed by atoms with E-state index in [2.05, 4.69) is 52.5 Å². The summed E-state index contributed by atoms with van der Waals surface area (Å²) < 4.78 is 0. The molecule has 0 aliphatic heterocycles. The quantitative estimate of drug-likeness (QED) is 0.0172. The molecular weight excluding hydrogens is 995 g/mol. The molecule has 416 valence electrons. The molecule has 76 heavy (non-hydrogen) atoms. The molecule has 0 spiro atoms. The van der Waals surface area contributed by atoms with Crippen LogP contribution in [0.3, 0.4) is 0 Å². The number of aromatic hydroxyl groups is 1. The summed E-state index contributed by atoms with van der Waals surface area (Å²) >= 11 is 0. The van der Waals surface area contributed by atoms with Crippen LogP contribution in [0.4, 0.5) is 0 Å². The summed E-state index contributed by atoms with van der Waals surface area (Å²) in [6, 6.07) is 1.71. The van der Waals surface area contributed by atoms with Crippen molar-refractivity contribution in [3.05, 3.63) is 65.9 Å². The van der Waals surface area contributed by atoms with Gasteiger partial charge >= 0.3 is 11.9 Å². The van der Waals surface area contributed by atoms with Crippen molar-refractivity contribution < 1.29 is 68.4 Å². The number of phenolic OH excluding ortho intramolecular Hbond substituents is 1. The summed E-state index contributed by atoms with van der Waals surface area (Å²) in [6.45, 7) is 6.04. The highest BCUT2D eigenvalue weighted by Crippen LogP contribution is 2.19. The van der Waals surface area contributed by atoms with Crippen molar-refractivity contribution in [2.75, 3.05) is 19.7 Å². The molecule has 3 aromatic rings. The number of fused-ring (bicyclic) bond motifs is 1. The maximum Gasteiger partial charge on any atom is 0.326 e. The minimum Gasteiger partial charge on any atom is -0.508 e. The number of hydrogen-bond donors (Lipinski definition) is 16. The molecular formula is C49H71N13O14. The van der Waals surface area contributed by atoms with Gasteiger partial charge in [-0.3, -0.25) is 48.1 Å². The lowest BCUT2D eigenvalue weighted by molar-refractivity contribution is -0.142. The highest BCUT2D eigenvalue weighted by Gasteiger charge is 2.34. The number of rotatable bonds is 31. The van der Waals surface area contributed by atoms with Crippen LogP contribution in [0.2, 0.25) is 0 Å². The number of phenols is 1. The molecule has 0 aliphatic rings. The molecule has 19 N–H and O–H groups in total. The second-order valence-corrected chi connectivity index (χ2v) is 18.8. The second-order valence-electron chi connectivity index (χ2n) is 18.8. The Kier molecular flexibility index (Phi) is 24.6. The van der Waals surface area contributed by atoms with E-state index >= 15 is 0 Å². The number of aliphatic carboxylic acids is 2. The number of aliphatic imine (C=N–C) groups is 1. The van der Waals surface area contributed by atoms with E-state index in [1.807, 2.05) is 38.1 Å². The fraction of sp³-hybridized carbons (Fsp3) is 0.490. The molecule has 0 fully saturated rings. The van der Waals surface area contributed by atoms with Crippen molar-refractivity contribution >= 4 is 76.1 Å². The van der Waals surface area contributed by atoms with Crippen molar-refractivity contribution in [1.82, 2.24) is 47.5 Å². The Balaban J connectivity index is 1.62. The van der Waals surface area contributed by atoms with Crippen molar-refractivity contribution in [2.45, 2.75) is 121 Å². The SMILES string of the molecule is CC(C)C[C@H](NC(=O)[C@@H](N)Cc1c[nH]c2ccccc12)C(=O)N[C@@H](C)C(=O)N[C@@H](CC(=O)O)C(=O)NCC(=O)N[C@@H](CO)C(=O)N[C@H](C(=O)N[C@@H](CCCN=C(N)N)C(=O)N[C@@H](Cc1ccc(O)cc1)C(=O)O)C(C)C. The summed E-state index contributed by atoms with van der Waals surface area (Å²) in [5.74, 6) is -11.5. The molecule has 1 aromatic heterocycles. The molecule has 8 amide bonds. The van der Waals surface area contributed by atoms with Crippen LogP contribution in [0.5, 0.6) is 5.75 Å². The van der Waals surface area contributed by atoms with E-state index in [-0.39, 0.29) is 56.3 Å². The third-order valence-electron chi connectivity index (χ3n) is 11.6. The molecule has 2 aromatic carbocycles. The number of para-hydroxylation sites is 1. The number of H-pyrrole nitrogens is 1. The Morgan fingerprint density at radius 1 is 0.658 bits per heavy atom. The minimum absolute atomic E-state index is 0.0298. The zero-order chi connectivity index (χ0) is 56.8. The van der Waals surface area contributed by atoms with E-state index in [4.69, 9.17) is 17.2 Å². The second kappa shape index (κ2) is 30.1. The van der Waals surface area contributed by atoms with Gasteiger partial charge in [0.25, 0.3) is 0 Å². The third kappa shape index (κ3) is 20.5. The summed E-state index contributed by atoms with van der Waals surface area (Å²) in [6.07, 6.45) is 0.914. The molecule has 0 aliphatic carbocycles. The van der Waals surface area contributed by atoms with Gasteiger partial charge in [0.15, 0.2) is 5.96 Å². The van der Waals surface area contributed by atoms with Crippen LogP contribution in [-0.2, 0) is 60.8 Å². The molecule has 0 saturated heterocycles. The molecule has 27 heteroatoms. The van der Waals surface area contributed by atoms with Crippen LogP contribution in [0.1, 0.15) is 71.4 Å². The number of carboxylic acid groups (broad SMARTS) is 2. The van der Waals surface area contributed by atoms with Gasteiger partial charge in [0, 0.05) is 30.1 Å². The standard InChI is InChI=1S/C49H71N13O14/c1-24(2)17-34(60-42(69)31(50)19-28-21-54-32-10-7-6-9-30(28)32)45(72)56-26(5)41(68)59-35(20-39(66)67)43(70)55-22-38(65)57-37(23-63)46(73)62-40(25(3)4)47(74)58-33(11-8-16-53-49(51)52)44(71)61-36(48(75)76)18-27-12-14-29(64)15-13-27/h6-7,9-10,12-15,21,24-26,31,33-37,40,54,63-64H,8,11,16-20,22-23,50H2,1-5H3,(H,55,70)(H,56,72)(H,57,65)(H,58,74)(H,59,68)(H,60,69)(H,61,71)(H,62,73)(H,66,67)(H,75,76)(H4,51,52,53)/t26-,31-,33-,34-,35-,36-,37-,40-/m0/s1. The Hall–Kier alpha value is -8.33. The monoisotopic (exact) mass is 1070 g/mol. The first-order valence-electron chi connectivity index (χ1n) is 24.4. The molecule has 0 radical (unpaired) electrons. The molecule has 0 unspecified atom stereocenters. The molecule has 0 bridgehead atoms. The van der Waals surface area contributed by atoms with E-state index in [9.17, 15) is 68.4 Å². The number of carbonyl (C=O) groups excluding carboxylic acids is 8. The number of carboxylic acids is 2. The van der Waals surface area contributed by atoms with Crippen molar-refractivity contribution in [1.29, 1.82) is 0 Å². The fourth-order valence-electron chi connectivity index (χ4n) is 7.56. The van der Waals surface area contributed by atoms with E-state index in [1.54, 1.807) is 6.20 Å². The van der Waals surface area contributed by atoms with Gasteiger partial charge in [-0.25, -0.2) is 4.79 Å². The molecule has 0 saturated carbocycles. The van der Waals surface area contributed by atoms with Crippen molar-refractivity contribution in [3.8, 4) is 5.75 Å². The molecule has 8 atom stereocenters. The van der Waals surface area contributed by atoms with E-state index < -0.39 is 133 Å². The van der Waals surface area contributed by atoms with Crippen LogP contribution in [0, 0.1) is 11.8 Å². The number of nitrogens with two attached hydrogens (primary N) is 3. The van der Waals surface area contributed by atoms with Gasteiger partial charge < -0.3 is 85.1 Å². The molecule has 27 nitrogen and oxygen atoms in total. The van der Waals surface area contributed by atoms with Crippen molar-refractivity contribution in [2.24, 2.45) is 34.0 Å². The van der Waals surface area contributed by atoms with Gasteiger partial charge in [-0.15, -0.1) is 0 Å². The number of guanidine groups is 1. The van der Waals surface area contributed by atoms with Gasteiger partial charge in [0.1, 0.15) is 48.0 Å². The van der Waals surface area contributed by atoms with E-state index in [1.165, 1.54) is 45.0 Å². The number of aliphatic hydroxyl groups is 1. The number of nitrogens with zero attached hydrogens (tertiary/aromatic N) is 1. The summed E-state index contributed by atoms with van der Waals surface area (Å²) in [7, 11) is 0. The van der Waals surface area contributed by atoms with E-state index in [0.29, 0.717) is 5.56 Å². The number of aromatic nitrogens is 1. The first-order valence-corrected chi connectivity index (χ1v) is 24.4. The maximum absolute atomic E-state index is 13.7. The lowest BCUT2D eigenvalue weighted by Crippen LogP contribution is -2.60. The predicted octanol–water partition coefficient (Wildman–Crippen LogP) is -3.18. The van der Waals surface area contributed by atoms with Gasteiger partial charge in [-0.1, -0.05) is 58.0 Å². The number of hydrogen-bond acceptors (Lipinski definition) is 14. The number of aromatic amines is 1. The maximum atomic E-state index is 13.7. The predicted molar refractivity (Wildman–Crippen MR) is 275 cm³/mol. The first-order chi connectivity index (χ1) is 35.8. The van der Waals surface area contributed by atoms with Gasteiger partial charge in [0.2, 0.25) is 47.3 Å². The number of nitrogens with one attached hydrogen (secondary N) is 9. The largest absolute Gasteiger partial charge is 0.508 e. The van der Waals surface area contributed by atoms with Gasteiger partial charge in [-0.05, 0) is 73.8 Å². The first kappa shape index (κ1) is 62.0. The highest BCUT2D eigenvalue weighted by molar-refractivity contribution is 5.98. The number of amides is 8. The smallest absolute Gasteiger partial charge is 0.326 e. The fourth-order valence-corrected chi connectivity index (χ4v) is 7.56. The summed E-state index contributed by atoms with van der Waals surface area (Å²) in [5.41, 5.74) is 19.2. The lowest BCUT2D eigenvalue weighted by Gasteiger charge is -2.27. The zero-order valence-electron chi connectivity index (χ0n) is 42.9. The van der Waals surface area contributed by atoms with Crippen LogP contribution in [0.15, 0.2) is 59.7 Å². The normalized spacial score (nSPS) is 14.3. The Morgan fingerprint density at radius 2 is 1.26 bits per heavy atom. The number of carbonyl (C=O) groups is 10. The van der Waals surface area contributed by atoms with Crippen LogP contribution in [0.25, 0.3) is 10.9 Å². The highest BCUT2D eigenvalue weighted by atomic mass is 16.4. The Morgan fingerprint density at radius 3 is 1.87 bits per heavy atom. The molecule has 1 heterocycles.